The number of hydrogen-bond acceptors (Lipinski definition) is 4. The highest BCUT2D eigenvalue weighted by molar-refractivity contribution is 9.10. The minimum absolute atomic E-state index is 0.0584. The Morgan fingerprint density at radius 3 is 2.09 bits per heavy atom. The molecule has 0 fully saturated rings. The molecule has 2 aromatic rings. The summed E-state index contributed by atoms with van der Waals surface area (Å²) in [6.45, 7) is 0. The Bertz CT molecular complexity index is 913. The van der Waals surface area contributed by atoms with Gasteiger partial charge in [-0.3, -0.25) is 4.72 Å². The molecule has 0 spiro atoms. The first-order valence-electron chi connectivity index (χ1n) is 5.70. The van der Waals surface area contributed by atoms with E-state index in [1.807, 2.05) is 0 Å². The molecule has 0 bridgehead atoms. The number of primary sulfonamides is 1. The zero-order valence-electron chi connectivity index (χ0n) is 10.8. The van der Waals surface area contributed by atoms with Crippen LogP contribution in [-0.2, 0) is 20.0 Å². The zero-order chi connectivity index (χ0) is 16.5. The maximum atomic E-state index is 12.3. The summed E-state index contributed by atoms with van der Waals surface area (Å²) in [6.07, 6.45) is 0. The van der Waals surface area contributed by atoms with Crippen molar-refractivity contribution in [1.82, 2.24) is 0 Å². The average molecular weight is 426 g/mol. The van der Waals surface area contributed by atoms with Gasteiger partial charge >= 0.3 is 0 Å². The van der Waals surface area contributed by atoms with Gasteiger partial charge < -0.3 is 0 Å². The molecule has 6 nitrogen and oxygen atoms in total. The summed E-state index contributed by atoms with van der Waals surface area (Å²) in [7, 11) is -7.72. The smallest absolute Gasteiger partial charge is 0.263 e. The summed E-state index contributed by atoms with van der Waals surface area (Å²) in [5.41, 5.74) is 0.186. The molecule has 0 heterocycles. The number of nitrogens with two attached hydrogens (primary N) is 1. The first kappa shape index (κ1) is 17.2. The topological polar surface area (TPSA) is 106 Å². The molecule has 0 saturated carbocycles. The molecule has 0 saturated heterocycles. The molecule has 22 heavy (non-hydrogen) atoms. The highest BCUT2D eigenvalue weighted by Gasteiger charge is 2.18. The number of nitrogens with one attached hydrogen (secondary N) is 1. The van der Waals surface area contributed by atoms with Gasteiger partial charge in [0.05, 0.1) is 9.92 Å². The van der Waals surface area contributed by atoms with Crippen molar-refractivity contribution in [2.45, 2.75) is 9.79 Å². The van der Waals surface area contributed by atoms with E-state index < -0.39 is 20.0 Å². The fourth-order valence-electron chi connectivity index (χ4n) is 1.62. The molecule has 0 unspecified atom stereocenters. The second-order valence-corrected chi connectivity index (χ2v) is 8.78. The number of halogens is 2. The minimum atomic E-state index is -3.89. The van der Waals surface area contributed by atoms with E-state index in [0.29, 0.717) is 4.47 Å². The van der Waals surface area contributed by atoms with Crippen molar-refractivity contribution in [1.29, 1.82) is 0 Å². The van der Waals surface area contributed by atoms with Crippen molar-refractivity contribution >= 4 is 53.3 Å². The minimum Gasteiger partial charge on any atom is -0.280 e. The van der Waals surface area contributed by atoms with Crippen LogP contribution in [0.1, 0.15) is 0 Å². The van der Waals surface area contributed by atoms with Crippen molar-refractivity contribution in [2.24, 2.45) is 5.14 Å². The monoisotopic (exact) mass is 424 g/mol. The van der Waals surface area contributed by atoms with Gasteiger partial charge in [0.2, 0.25) is 10.0 Å². The van der Waals surface area contributed by atoms with Crippen LogP contribution in [0, 0.1) is 0 Å². The molecule has 2 aromatic carbocycles. The van der Waals surface area contributed by atoms with E-state index in [4.69, 9.17) is 16.7 Å². The first-order chi connectivity index (χ1) is 10.1. The van der Waals surface area contributed by atoms with Gasteiger partial charge in [0, 0.05) is 10.2 Å². The lowest BCUT2D eigenvalue weighted by Gasteiger charge is -2.10. The van der Waals surface area contributed by atoms with Crippen molar-refractivity contribution in [3.63, 3.8) is 0 Å². The maximum Gasteiger partial charge on any atom is 0.263 e. The molecule has 0 aromatic heterocycles. The van der Waals surface area contributed by atoms with E-state index >= 15 is 0 Å². The van der Waals surface area contributed by atoms with Gasteiger partial charge in [0.25, 0.3) is 10.0 Å². The van der Waals surface area contributed by atoms with E-state index in [1.165, 1.54) is 36.4 Å². The van der Waals surface area contributed by atoms with Crippen LogP contribution in [0.15, 0.2) is 56.7 Å². The van der Waals surface area contributed by atoms with E-state index in [9.17, 15) is 16.8 Å². The lowest BCUT2D eigenvalue weighted by molar-refractivity contribution is 0.597. The van der Waals surface area contributed by atoms with Crippen LogP contribution < -0.4 is 9.86 Å². The summed E-state index contributed by atoms with van der Waals surface area (Å²) in [5.74, 6) is 0. The number of sulfonamides is 2. The molecule has 0 aliphatic rings. The SMILES string of the molecule is NS(=O)(=O)c1ccc(NS(=O)(=O)c2ccc(Br)cc2Cl)cc1. The molecule has 0 atom stereocenters. The van der Waals surface area contributed by atoms with Crippen LogP contribution in [0.3, 0.4) is 0 Å². The molecule has 0 radical (unpaired) electrons. The summed E-state index contributed by atoms with van der Waals surface area (Å²) < 4.78 is 49.8. The highest BCUT2D eigenvalue weighted by atomic mass is 79.9. The Morgan fingerprint density at radius 1 is 1.00 bits per heavy atom. The number of benzene rings is 2. The van der Waals surface area contributed by atoms with Gasteiger partial charge in [-0.25, -0.2) is 22.0 Å². The normalized spacial score (nSPS) is 12.1. The lowest BCUT2D eigenvalue weighted by Crippen LogP contribution is -2.14. The van der Waals surface area contributed by atoms with Gasteiger partial charge in [-0.05, 0) is 42.5 Å². The van der Waals surface area contributed by atoms with Gasteiger partial charge in [-0.1, -0.05) is 27.5 Å². The van der Waals surface area contributed by atoms with E-state index in [-0.39, 0.29) is 20.5 Å². The standard InChI is InChI=1S/C12H10BrClN2O4S2/c13-8-1-6-12(11(14)7-8)22(19,20)16-9-2-4-10(5-3-9)21(15,17)18/h1-7,16H,(H2,15,17,18). The Kier molecular flexibility index (Phi) is 4.83. The van der Waals surface area contributed by atoms with Crippen LogP contribution in [0.5, 0.6) is 0 Å². The maximum absolute atomic E-state index is 12.3. The Hall–Kier alpha value is -1.13. The second-order valence-electron chi connectivity index (χ2n) is 4.25. The Labute approximate surface area is 141 Å². The third-order valence-electron chi connectivity index (χ3n) is 2.62. The molecule has 3 N–H and O–H groups in total. The molecular formula is C12H10BrClN2O4S2. The lowest BCUT2D eigenvalue weighted by atomic mass is 10.3. The quantitative estimate of drug-likeness (QED) is 0.785. The average Bonchev–Trinajstić information content (AvgIpc) is 2.37. The van der Waals surface area contributed by atoms with Gasteiger partial charge in [-0.15, -0.1) is 0 Å². The fourth-order valence-corrected chi connectivity index (χ4v) is 4.23. The molecule has 10 heteroatoms. The van der Waals surface area contributed by atoms with Crippen molar-refractivity contribution in [2.75, 3.05) is 4.72 Å². The Balaban J connectivity index is 2.33. The predicted octanol–water partition coefficient (Wildman–Crippen LogP) is 2.55. The number of anilines is 1. The van der Waals surface area contributed by atoms with Crippen LogP contribution in [0.4, 0.5) is 5.69 Å². The highest BCUT2D eigenvalue weighted by Crippen LogP contribution is 2.27. The molecular weight excluding hydrogens is 416 g/mol. The third-order valence-corrected chi connectivity index (χ3v) is 5.91. The van der Waals surface area contributed by atoms with Gasteiger partial charge in [0.15, 0.2) is 0 Å². The molecule has 118 valence electrons. The molecule has 0 aliphatic heterocycles. The van der Waals surface area contributed by atoms with E-state index in [1.54, 1.807) is 6.07 Å². The first-order valence-corrected chi connectivity index (χ1v) is 9.90. The van der Waals surface area contributed by atoms with Crippen LogP contribution in [0.2, 0.25) is 5.02 Å². The summed E-state index contributed by atoms with van der Waals surface area (Å²) in [4.78, 5) is -0.204. The summed E-state index contributed by atoms with van der Waals surface area (Å²) in [5, 5.41) is 5.03. The van der Waals surface area contributed by atoms with Gasteiger partial charge in [0.1, 0.15) is 4.90 Å². The van der Waals surface area contributed by atoms with Gasteiger partial charge in [-0.2, -0.15) is 0 Å². The number of rotatable bonds is 4. The van der Waals surface area contributed by atoms with Crippen molar-refractivity contribution < 1.29 is 16.8 Å². The van der Waals surface area contributed by atoms with Crippen LogP contribution in [-0.4, -0.2) is 16.8 Å². The zero-order valence-corrected chi connectivity index (χ0v) is 14.8. The molecule has 0 amide bonds. The van der Waals surface area contributed by atoms with E-state index in [2.05, 4.69) is 20.7 Å². The van der Waals surface area contributed by atoms with E-state index in [0.717, 1.165) is 0 Å². The van der Waals surface area contributed by atoms with Crippen LogP contribution >= 0.6 is 27.5 Å². The predicted molar refractivity (Wildman–Crippen MR) is 87.8 cm³/mol. The summed E-state index contributed by atoms with van der Waals surface area (Å²) in [6, 6.07) is 9.36. The second kappa shape index (κ2) is 6.17. The largest absolute Gasteiger partial charge is 0.280 e. The third kappa shape index (κ3) is 3.99. The van der Waals surface area contributed by atoms with Crippen molar-refractivity contribution in [3.05, 3.63) is 52.0 Å². The summed E-state index contributed by atoms with van der Waals surface area (Å²) >= 11 is 9.11. The van der Waals surface area contributed by atoms with Crippen LogP contribution in [0.25, 0.3) is 0 Å². The Morgan fingerprint density at radius 2 is 1.59 bits per heavy atom. The molecule has 2 rings (SSSR count). The van der Waals surface area contributed by atoms with Crippen molar-refractivity contribution in [3.8, 4) is 0 Å². The molecule has 0 aliphatic carbocycles. The fraction of sp³-hybridized carbons (Fsp3) is 0. The number of hydrogen-bond donors (Lipinski definition) is 2.